The largest absolute Gasteiger partial charge is 0.352 e. The van der Waals surface area contributed by atoms with E-state index in [4.69, 9.17) is 0 Å². The molecule has 0 N–H and O–H groups in total. The number of aryl methyl sites for hydroxylation is 1. The van der Waals surface area contributed by atoms with Crippen molar-refractivity contribution in [1.29, 1.82) is 0 Å². The number of aromatic nitrogens is 5. The van der Waals surface area contributed by atoms with Crippen LogP contribution in [0.4, 0.5) is 11.5 Å². The highest BCUT2D eigenvalue weighted by molar-refractivity contribution is 7.89. The number of piperazine rings is 1. The van der Waals surface area contributed by atoms with Gasteiger partial charge in [0, 0.05) is 38.8 Å². The molecule has 4 rings (SSSR count). The van der Waals surface area contributed by atoms with E-state index in [1.807, 2.05) is 11.8 Å². The van der Waals surface area contributed by atoms with E-state index < -0.39 is 20.6 Å². The minimum Gasteiger partial charge on any atom is -0.352 e. The first-order valence-corrected chi connectivity index (χ1v) is 10.4. The third-order valence-corrected chi connectivity index (χ3v) is 6.74. The molecular formula is C16H18N8O4S. The lowest BCUT2D eigenvalue weighted by Gasteiger charge is -2.34. The fourth-order valence-electron chi connectivity index (χ4n) is 3.33. The van der Waals surface area contributed by atoms with E-state index >= 15 is 0 Å². The summed E-state index contributed by atoms with van der Waals surface area (Å²) >= 11 is 0. The molecule has 0 radical (unpaired) electrons. The van der Waals surface area contributed by atoms with Crippen molar-refractivity contribution < 1.29 is 13.3 Å². The van der Waals surface area contributed by atoms with Gasteiger partial charge in [0.1, 0.15) is 6.33 Å². The van der Waals surface area contributed by atoms with Crippen molar-refractivity contribution in [2.24, 2.45) is 0 Å². The van der Waals surface area contributed by atoms with Crippen LogP contribution in [0.1, 0.15) is 6.92 Å². The van der Waals surface area contributed by atoms with Crippen LogP contribution < -0.4 is 4.90 Å². The summed E-state index contributed by atoms with van der Waals surface area (Å²) in [5.74, 6) is 0.595. The molecule has 12 nitrogen and oxygen atoms in total. The zero-order valence-corrected chi connectivity index (χ0v) is 16.4. The fourth-order valence-corrected chi connectivity index (χ4v) is 4.91. The second-order valence-corrected chi connectivity index (χ2v) is 8.30. The molecule has 13 heteroatoms. The van der Waals surface area contributed by atoms with Gasteiger partial charge >= 0.3 is 0 Å². The summed E-state index contributed by atoms with van der Waals surface area (Å²) in [7, 11) is -3.99. The van der Waals surface area contributed by atoms with Crippen molar-refractivity contribution in [3.63, 3.8) is 0 Å². The van der Waals surface area contributed by atoms with Gasteiger partial charge in [0.05, 0.1) is 4.92 Å². The second kappa shape index (κ2) is 7.33. The van der Waals surface area contributed by atoms with E-state index in [-0.39, 0.29) is 18.0 Å². The Bertz CT molecular complexity index is 1170. The number of sulfonamides is 1. The average Bonchev–Trinajstić information content (AvgIpc) is 3.17. The normalized spacial score (nSPS) is 15.7. The first-order chi connectivity index (χ1) is 13.9. The van der Waals surface area contributed by atoms with Crippen molar-refractivity contribution in [3.05, 3.63) is 40.7 Å². The molecule has 3 aromatic rings. The van der Waals surface area contributed by atoms with Crippen LogP contribution in [0.3, 0.4) is 0 Å². The minimum absolute atomic E-state index is 0.168. The molecular weight excluding hydrogens is 400 g/mol. The molecule has 0 bridgehead atoms. The standard InChI is InChI=1S/C16H18N8O4S/c1-2-23-16-14(19-20-23)15(17-11-18-16)21-7-9-22(10-8-21)29(27,28)13-6-4-3-5-12(13)24(25)26/h3-6,11H,2,7-10H2,1H3. The molecule has 0 atom stereocenters. The Kier molecular flexibility index (Phi) is 4.84. The highest BCUT2D eigenvalue weighted by Gasteiger charge is 2.34. The van der Waals surface area contributed by atoms with Crippen molar-refractivity contribution in [2.45, 2.75) is 18.4 Å². The predicted molar refractivity (Wildman–Crippen MR) is 103 cm³/mol. The summed E-state index contributed by atoms with van der Waals surface area (Å²) in [5, 5.41) is 19.4. The SMILES string of the molecule is CCn1nnc2c(N3CCN(S(=O)(=O)c4ccccc4[N+](=O)[O-])CC3)ncnc21. The number of nitrogens with zero attached hydrogens (tertiary/aromatic N) is 8. The molecule has 0 spiro atoms. The first kappa shape index (κ1) is 19.1. The molecule has 1 aromatic carbocycles. The quantitative estimate of drug-likeness (QED) is 0.431. The fraction of sp³-hybridized carbons (Fsp3) is 0.375. The molecule has 3 heterocycles. The van der Waals surface area contributed by atoms with Gasteiger partial charge in [-0.3, -0.25) is 10.1 Å². The summed E-state index contributed by atoms with van der Waals surface area (Å²) < 4.78 is 28.8. The Morgan fingerprint density at radius 2 is 1.86 bits per heavy atom. The molecule has 152 valence electrons. The van der Waals surface area contributed by atoms with Gasteiger partial charge in [-0.05, 0) is 13.0 Å². The number of hydrogen-bond donors (Lipinski definition) is 0. The Labute approximate surface area is 166 Å². The molecule has 0 saturated carbocycles. The summed E-state index contributed by atoms with van der Waals surface area (Å²) in [5.41, 5.74) is 0.750. The van der Waals surface area contributed by atoms with Gasteiger partial charge in [-0.2, -0.15) is 4.31 Å². The highest BCUT2D eigenvalue weighted by atomic mass is 32.2. The van der Waals surface area contributed by atoms with Crippen molar-refractivity contribution in [3.8, 4) is 0 Å². The molecule has 0 amide bonds. The lowest BCUT2D eigenvalue weighted by atomic mass is 10.3. The number of nitro groups is 1. The maximum absolute atomic E-state index is 13.0. The van der Waals surface area contributed by atoms with Crippen molar-refractivity contribution in [2.75, 3.05) is 31.1 Å². The summed E-state index contributed by atoms with van der Waals surface area (Å²) in [6.45, 7) is 3.62. The number of anilines is 1. The van der Waals surface area contributed by atoms with E-state index in [9.17, 15) is 18.5 Å². The Hall–Kier alpha value is -3.19. The van der Waals surface area contributed by atoms with Crippen molar-refractivity contribution >= 4 is 32.7 Å². The maximum atomic E-state index is 13.0. The molecule has 0 unspecified atom stereocenters. The summed E-state index contributed by atoms with van der Waals surface area (Å²) in [6, 6.07) is 5.37. The van der Waals surface area contributed by atoms with Crippen LogP contribution in [-0.4, -0.2) is 68.8 Å². The van der Waals surface area contributed by atoms with E-state index in [0.717, 1.165) is 0 Å². The monoisotopic (exact) mass is 418 g/mol. The number of para-hydroxylation sites is 1. The van der Waals surface area contributed by atoms with Crippen LogP contribution in [0.15, 0.2) is 35.5 Å². The molecule has 29 heavy (non-hydrogen) atoms. The number of fused-ring (bicyclic) bond motifs is 1. The lowest BCUT2D eigenvalue weighted by molar-refractivity contribution is -0.387. The molecule has 0 aliphatic carbocycles. The van der Waals surface area contributed by atoms with Gasteiger partial charge in [-0.1, -0.05) is 17.3 Å². The van der Waals surface area contributed by atoms with Crippen LogP contribution in [-0.2, 0) is 16.6 Å². The Morgan fingerprint density at radius 3 is 2.55 bits per heavy atom. The van der Waals surface area contributed by atoms with Crippen LogP contribution >= 0.6 is 0 Å². The van der Waals surface area contributed by atoms with E-state index in [1.165, 1.54) is 34.9 Å². The lowest BCUT2D eigenvalue weighted by Crippen LogP contribution is -2.49. The van der Waals surface area contributed by atoms with Crippen LogP contribution in [0.2, 0.25) is 0 Å². The summed E-state index contributed by atoms with van der Waals surface area (Å²) in [4.78, 5) is 20.7. The highest BCUT2D eigenvalue weighted by Crippen LogP contribution is 2.28. The van der Waals surface area contributed by atoms with E-state index in [0.29, 0.717) is 36.6 Å². The van der Waals surface area contributed by atoms with Crippen LogP contribution in [0.25, 0.3) is 11.2 Å². The number of nitro benzene ring substituents is 1. The van der Waals surface area contributed by atoms with Gasteiger partial charge < -0.3 is 4.90 Å². The smallest absolute Gasteiger partial charge is 0.289 e. The molecule has 2 aromatic heterocycles. The number of rotatable bonds is 5. The van der Waals surface area contributed by atoms with E-state index in [2.05, 4.69) is 20.3 Å². The van der Waals surface area contributed by atoms with Crippen LogP contribution in [0.5, 0.6) is 0 Å². The third kappa shape index (κ3) is 3.27. The zero-order chi connectivity index (χ0) is 20.6. The second-order valence-electron chi connectivity index (χ2n) is 6.39. The van der Waals surface area contributed by atoms with Gasteiger partial charge in [0.15, 0.2) is 21.9 Å². The maximum Gasteiger partial charge on any atom is 0.289 e. The molecule has 1 saturated heterocycles. The zero-order valence-electron chi connectivity index (χ0n) is 15.5. The predicted octanol–water partition coefficient (Wildman–Crippen LogP) is 0.660. The van der Waals surface area contributed by atoms with Gasteiger partial charge in [-0.25, -0.2) is 23.1 Å². The number of benzene rings is 1. The molecule has 1 fully saturated rings. The van der Waals surface area contributed by atoms with E-state index in [1.54, 1.807) is 4.68 Å². The van der Waals surface area contributed by atoms with Gasteiger partial charge in [0.25, 0.3) is 5.69 Å². The number of hydrogen-bond acceptors (Lipinski definition) is 9. The van der Waals surface area contributed by atoms with Crippen LogP contribution in [0, 0.1) is 10.1 Å². The average molecular weight is 418 g/mol. The van der Waals surface area contributed by atoms with Crippen molar-refractivity contribution in [1.82, 2.24) is 29.3 Å². The molecule has 1 aliphatic heterocycles. The minimum atomic E-state index is -3.99. The summed E-state index contributed by atoms with van der Waals surface area (Å²) in [6.07, 6.45) is 1.43. The third-order valence-electron chi connectivity index (χ3n) is 4.80. The van der Waals surface area contributed by atoms with Gasteiger partial charge in [-0.15, -0.1) is 5.10 Å². The Balaban J connectivity index is 1.58. The Morgan fingerprint density at radius 1 is 1.14 bits per heavy atom. The van der Waals surface area contributed by atoms with Gasteiger partial charge in [0.2, 0.25) is 10.0 Å². The molecule has 1 aliphatic rings. The first-order valence-electron chi connectivity index (χ1n) is 8.96. The topological polar surface area (TPSA) is 140 Å².